The molecule has 0 spiro atoms. The van der Waals surface area contributed by atoms with E-state index in [0.29, 0.717) is 0 Å². The average Bonchev–Trinajstić information content (AvgIpc) is 3.52. The first-order chi connectivity index (χ1) is 39.3. The molecule has 0 heterocycles. The van der Waals surface area contributed by atoms with Crippen LogP contribution in [0.1, 0.15) is 138 Å². The zero-order chi connectivity index (χ0) is 55.2. The maximum Gasteiger partial charge on any atom is 0.0387 e. The first kappa shape index (κ1) is 55.6. The van der Waals surface area contributed by atoms with Crippen LogP contribution in [0.15, 0.2) is 194 Å². The number of rotatable bonds is 25. The van der Waals surface area contributed by atoms with Gasteiger partial charge in [-0.25, -0.2) is 0 Å². The van der Waals surface area contributed by atoms with Crippen LogP contribution in [0.5, 0.6) is 0 Å². The van der Waals surface area contributed by atoms with Crippen LogP contribution < -0.4 is 10.6 Å². The second-order valence-electron chi connectivity index (χ2n) is 22.6. The van der Waals surface area contributed by atoms with Gasteiger partial charge in [0.1, 0.15) is 0 Å². The van der Waals surface area contributed by atoms with E-state index in [1.54, 1.807) is 0 Å². The van der Waals surface area contributed by atoms with Gasteiger partial charge in [-0.2, -0.15) is 0 Å². The Balaban J connectivity index is 0.873. The van der Waals surface area contributed by atoms with Gasteiger partial charge < -0.3 is 10.6 Å². The molecule has 10 aromatic carbocycles. The van der Waals surface area contributed by atoms with E-state index in [2.05, 4.69) is 246 Å². The molecule has 0 aliphatic rings. The molecule has 2 nitrogen and oxygen atoms in total. The minimum Gasteiger partial charge on any atom is -0.356 e. The van der Waals surface area contributed by atoms with Crippen LogP contribution in [-0.4, -0.2) is 0 Å². The zero-order valence-electron chi connectivity index (χ0n) is 48.8. The van der Waals surface area contributed by atoms with Gasteiger partial charge >= 0.3 is 0 Å². The second-order valence-corrected chi connectivity index (χ2v) is 22.6. The van der Waals surface area contributed by atoms with Crippen molar-refractivity contribution < 1.29 is 0 Å². The van der Waals surface area contributed by atoms with Crippen LogP contribution >= 0.6 is 0 Å². The van der Waals surface area contributed by atoms with Crippen molar-refractivity contribution in [3.63, 3.8) is 0 Å². The summed E-state index contributed by atoms with van der Waals surface area (Å²) in [7, 11) is 0. The summed E-state index contributed by atoms with van der Waals surface area (Å²) in [6, 6.07) is 73.1. The molecule has 0 aromatic heterocycles. The monoisotopic (exact) mass is 1050 g/mol. The van der Waals surface area contributed by atoms with Gasteiger partial charge in [-0.05, 0) is 224 Å². The predicted octanol–water partition coefficient (Wildman–Crippen LogP) is 23.4. The van der Waals surface area contributed by atoms with E-state index in [9.17, 15) is 0 Å². The lowest BCUT2D eigenvalue weighted by Crippen LogP contribution is -1.97. The van der Waals surface area contributed by atoms with Gasteiger partial charge in [-0.3, -0.25) is 0 Å². The molecule has 0 atom stereocenters. The Hall–Kier alpha value is -7.68. The molecule has 2 N–H and O–H groups in total. The van der Waals surface area contributed by atoms with Crippen LogP contribution in [0.3, 0.4) is 0 Å². The Kier molecular flexibility index (Phi) is 18.8. The molecule has 0 bridgehead atoms. The third-order valence-electron chi connectivity index (χ3n) is 17.0. The van der Waals surface area contributed by atoms with E-state index in [4.69, 9.17) is 0 Å². The molecule has 0 radical (unpaired) electrons. The Morgan fingerprint density at radius 2 is 0.637 bits per heavy atom. The van der Waals surface area contributed by atoms with E-state index in [1.807, 2.05) is 0 Å². The van der Waals surface area contributed by atoms with Gasteiger partial charge in [0.25, 0.3) is 0 Å². The van der Waals surface area contributed by atoms with Gasteiger partial charge in [-0.1, -0.05) is 225 Å². The lowest BCUT2D eigenvalue weighted by molar-refractivity contribution is 0.607. The Bertz CT molecular complexity index is 3390. The van der Waals surface area contributed by atoms with Crippen LogP contribution in [0, 0.1) is 13.8 Å². The van der Waals surface area contributed by atoms with Gasteiger partial charge in [0.2, 0.25) is 0 Å². The smallest absolute Gasteiger partial charge is 0.0387 e. The molecule has 80 heavy (non-hydrogen) atoms. The summed E-state index contributed by atoms with van der Waals surface area (Å²) in [6.45, 7) is 13.7. The van der Waals surface area contributed by atoms with Crippen molar-refractivity contribution in [2.24, 2.45) is 0 Å². The summed E-state index contributed by atoms with van der Waals surface area (Å²) in [4.78, 5) is 0. The van der Waals surface area contributed by atoms with Crippen molar-refractivity contribution >= 4 is 44.3 Å². The van der Waals surface area contributed by atoms with E-state index in [1.165, 1.54) is 200 Å². The van der Waals surface area contributed by atoms with Crippen LogP contribution in [0.2, 0.25) is 0 Å². The number of benzene rings is 10. The third-order valence-corrected chi connectivity index (χ3v) is 17.0. The Morgan fingerprint density at radius 3 is 1.02 bits per heavy atom. The molecule has 2 heteroatoms. The molecular formula is C78H84N2. The summed E-state index contributed by atoms with van der Waals surface area (Å²) in [5.41, 5.74) is 25.3. The van der Waals surface area contributed by atoms with E-state index in [0.717, 1.165) is 35.6 Å². The lowest BCUT2D eigenvalue weighted by atomic mass is 9.82. The lowest BCUT2D eigenvalue weighted by Gasteiger charge is -2.22. The van der Waals surface area contributed by atoms with E-state index >= 15 is 0 Å². The molecule has 0 aliphatic carbocycles. The van der Waals surface area contributed by atoms with Crippen molar-refractivity contribution in [1.29, 1.82) is 0 Å². The highest BCUT2D eigenvalue weighted by Crippen LogP contribution is 2.46. The van der Waals surface area contributed by atoms with Gasteiger partial charge in [-0.15, -0.1) is 0 Å². The summed E-state index contributed by atoms with van der Waals surface area (Å²) in [5.74, 6) is 0. The van der Waals surface area contributed by atoms with Crippen LogP contribution in [-0.2, 0) is 25.7 Å². The molecule has 0 saturated carbocycles. The van der Waals surface area contributed by atoms with Gasteiger partial charge in [0.05, 0.1) is 0 Å². The number of fused-ring (bicyclic) bond motifs is 2. The first-order valence-electron chi connectivity index (χ1n) is 30.6. The minimum absolute atomic E-state index is 0.972. The number of nitrogens with one attached hydrogen (secondary N) is 2. The molecular weight excluding hydrogens is 965 g/mol. The van der Waals surface area contributed by atoms with Crippen molar-refractivity contribution in [3.8, 4) is 55.6 Å². The number of hydrogen-bond acceptors (Lipinski definition) is 2. The standard InChI is InChI=1S/C78H84N2/c1-7-11-13-15-17-19-25-57-31-35-61(36-32-57)71-49-47-69(51-59(71)9-3)79-67-43-39-63(40-44-67)75-53-65-27-21-23-29-73(65)77(55(75)5)78-56(6)76(54-66-28-22-24-30-74(66)78)64-41-45-68(46-42-64)80-70-48-50-72(60(10-4)52-70)62-37-33-58(34-38-62)26-20-18-16-14-12-8-2/h21-24,27-54,79-80H,7-20,25-26H2,1-6H3. The number of anilines is 4. The van der Waals surface area contributed by atoms with Crippen molar-refractivity contribution in [3.05, 3.63) is 228 Å². The van der Waals surface area contributed by atoms with Crippen molar-refractivity contribution in [1.82, 2.24) is 0 Å². The maximum absolute atomic E-state index is 3.75. The summed E-state index contributed by atoms with van der Waals surface area (Å²) >= 11 is 0. The topological polar surface area (TPSA) is 24.1 Å². The van der Waals surface area contributed by atoms with E-state index < -0.39 is 0 Å². The first-order valence-corrected chi connectivity index (χ1v) is 30.6. The number of hydrogen-bond donors (Lipinski definition) is 2. The zero-order valence-corrected chi connectivity index (χ0v) is 48.8. The highest BCUT2D eigenvalue weighted by molar-refractivity contribution is 6.11. The summed E-state index contributed by atoms with van der Waals surface area (Å²) < 4.78 is 0. The number of aryl methyl sites for hydroxylation is 4. The van der Waals surface area contributed by atoms with Gasteiger partial charge in [0, 0.05) is 22.7 Å². The highest BCUT2D eigenvalue weighted by Gasteiger charge is 2.21. The fourth-order valence-electron chi connectivity index (χ4n) is 12.4. The summed E-state index contributed by atoms with van der Waals surface area (Å²) in [6.07, 6.45) is 20.3. The number of unbranched alkanes of at least 4 members (excludes halogenated alkanes) is 10. The molecule has 0 unspecified atom stereocenters. The minimum atomic E-state index is 0.972. The SMILES string of the molecule is CCCCCCCCc1ccc(-c2ccc(Nc3ccc(-c4cc5ccccc5c(-c5c(C)c(-c6ccc(Nc7ccc(-c8ccc(CCCCCCCC)cc8)c(CC)c7)cc6)cc6ccccc56)c4C)cc3)cc2CC)cc1. The van der Waals surface area contributed by atoms with Crippen LogP contribution in [0.25, 0.3) is 77.2 Å². The quantitative estimate of drug-likeness (QED) is 0.0558. The van der Waals surface area contributed by atoms with Gasteiger partial charge in [0.15, 0.2) is 0 Å². The second kappa shape index (κ2) is 27.0. The van der Waals surface area contributed by atoms with Crippen LogP contribution in [0.4, 0.5) is 22.7 Å². The summed E-state index contributed by atoms with van der Waals surface area (Å²) in [5, 5.41) is 12.5. The molecule has 0 fully saturated rings. The Morgan fingerprint density at radius 1 is 0.300 bits per heavy atom. The molecule has 406 valence electrons. The molecule has 0 saturated heterocycles. The van der Waals surface area contributed by atoms with Crippen molar-refractivity contribution in [2.45, 2.75) is 144 Å². The maximum atomic E-state index is 3.75. The Labute approximate surface area is 479 Å². The third kappa shape index (κ3) is 13.1. The largest absolute Gasteiger partial charge is 0.356 e. The molecule has 10 aromatic rings. The van der Waals surface area contributed by atoms with E-state index in [-0.39, 0.29) is 0 Å². The highest BCUT2D eigenvalue weighted by atomic mass is 14.9. The molecule has 0 aliphatic heterocycles. The average molecular weight is 1050 g/mol. The predicted molar refractivity (Wildman–Crippen MR) is 350 cm³/mol. The normalized spacial score (nSPS) is 11.4. The fourth-order valence-corrected chi connectivity index (χ4v) is 12.4. The molecule has 0 amide bonds. The van der Waals surface area contributed by atoms with Crippen molar-refractivity contribution in [2.75, 3.05) is 10.6 Å². The molecule has 10 rings (SSSR count). The fraction of sp³-hybridized carbons (Fsp3) is 0.282.